The van der Waals surface area contributed by atoms with E-state index in [9.17, 15) is 10.1 Å². The molecule has 1 aromatic heterocycles. The van der Waals surface area contributed by atoms with Crippen molar-refractivity contribution >= 4 is 5.69 Å². The quantitative estimate of drug-likeness (QED) is 0.633. The van der Waals surface area contributed by atoms with Crippen LogP contribution in [0.1, 0.15) is 28.1 Å². The number of hydrogen-bond acceptors (Lipinski definition) is 4. The number of aryl methyl sites for hydroxylation is 2. The van der Waals surface area contributed by atoms with E-state index < -0.39 is 4.92 Å². The Morgan fingerprint density at radius 3 is 2.60 bits per heavy atom. The van der Waals surface area contributed by atoms with Gasteiger partial charge in [-0.2, -0.15) is 10.4 Å². The molecule has 1 heterocycles. The number of nitriles is 1. The van der Waals surface area contributed by atoms with E-state index in [0.717, 1.165) is 11.1 Å². The minimum Gasteiger partial charge on any atom is -0.258 e. The second kappa shape index (κ2) is 5.13. The van der Waals surface area contributed by atoms with Crippen LogP contribution in [0.5, 0.6) is 0 Å². The zero-order chi connectivity index (χ0) is 14.9. The average Bonchev–Trinajstić information content (AvgIpc) is 2.66. The summed E-state index contributed by atoms with van der Waals surface area (Å²) >= 11 is 0. The van der Waals surface area contributed by atoms with Gasteiger partial charge in [-0.1, -0.05) is 6.07 Å². The molecule has 0 saturated heterocycles. The highest BCUT2D eigenvalue weighted by atomic mass is 16.6. The van der Waals surface area contributed by atoms with E-state index in [-0.39, 0.29) is 5.69 Å². The summed E-state index contributed by atoms with van der Waals surface area (Å²) in [7, 11) is 0. The molecular weight excluding hydrogens is 256 g/mol. The van der Waals surface area contributed by atoms with Crippen LogP contribution in [0.25, 0.3) is 0 Å². The molecule has 0 atom stereocenters. The molecule has 2 rings (SSSR count). The fourth-order valence-corrected chi connectivity index (χ4v) is 2.21. The summed E-state index contributed by atoms with van der Waals surface area (Å²) in [5, 5.41) is 24.0. The fourth-order valence-electron chi connectivity index (χ4n) is 2.21. The Labute approximate surface area is 116 Å². The Bertz CT molecular complexity index is 726. The second-order valence-electron chi connectivity index (χ2n) is 4.69. The molecule has 6 heteroatoms. The molecule has 0 aliphatic heterocycles. The maximum absolute atomic E-state index is 11.0. The predicted molar refractivity (Wildman–Crippen MR) is 73.4 cm³/mol. The lowest BCUT2D eigenvalue weighted by Crippen LogP contribution is -2.06. The highest BCUT2D eigenvalue weighted by molar-refractivity contribution is 5.41. The molecule has 0 radical (unpaired) electrons. The van der Waals surface area contributed by atoms with Crippen molar-refractivity contribution in [1.82, 2.24) is 9.78 Å². The largest absolute Gasteiger partial charge is 0.312 e. The van der Waals surface area contributed by atoms with Crippen molar-refractivity contribution in [2.24, 2.45) is 0 Å². The van der Waals surface area contributed by atoms with Crippen molar-refractivity contribution in [3.8, 4) is 6.07 Å². The number of aromatic nitrogens is 2. The monoisotopic (exact) mass is 270 g/mol. The molecule has 0 aliphatic rings. The first kappa shape index (κ1) is 13.7. The molecule has 2 aromatic rings. The molecule has 1 aromatic carbocycles. The minimum atomic E-state index is -0.403. The van der Waals surface area contributed by atoms with Gasteiger partial charge in [-0.3, -0.25) is 14.8 Å². The molecule has 0 aliphatic carbocycles. The molecule has 0 bridgehead atoms. The topological polar surface area (TPSA) is 84.8 Å². The maximum atomic E-state index is 11.0. The van der Waals surface area contributed by atoms with E-state index in [2.05, 4.69) is 11.2 Å². The van der Waals surface area contributed by atoms with Crippen LogP contribution in [0.15, 0.2) is 18.2 Å². The van der Waals surface area contributed by atoms with Gasteiger partial charge in [-0.15, -0.1) is 0 Å². The normalized spacial score (nSPS) is 10.3. The van der Waals surface area contributed by atoms with Crippen molar-refractivity contribution in [2.45, 2.75) is 27.3 Å². The van der Waals surface area contributed by atoms with E-state index in [0.29, 0.717) is 23.5 Å². The molecule has 20 heavy (non-hydrogen) atoms. The van der Waals surface area contributed by atoms with E-state index >= 15 is 0 Å². The number of benzene rings is 1. The summed E-state index contributed by atoms with van der Waals surface area (Å²) < 4.78 is 1.63. The standard InChI is InChI=1S/C14H14N4O2/c1-9-6-12(7-15)4-5-13(9)8-17-11(3)14(18(19)20)10(2)16-17/h4-6H,8H2,1-3H3. The van der Waals surface area contributed by atoms with Gasteiger partial charge in [0.25, 0.3) is 0 Å². The van der Waals surface area contributed by atoms with Gasteiger partial charge in [0, 0.05) is 0 Å². The first-order valence-electron chi connectivity index (χ1n) is 6.12. The summed E-state index contributed by atoms with van der Waals surface area (Å²) in [4.78, 5) is 10.6. The zero-order valence-electron chi connectivity index (χ0n) is 11.5. The van der Waals surface area contributed by atoms with E-state index in [1.165, 1.54) is 0 Å². The summed E-state index contributed by atoms with van der Waals surface area (Å²) in [6.07, 6.45) is 0. The molecule has 0 spiro atoms. The number of hydrogen-bond donors (Lipinski definition) is 0. The number of nitro groups is 1. The van der Waals surface area contributed by atoms with Crippen molar-refractivity contribution < 1.29 is 4.92 Å². The van der Waals surface area contributed by atoms with E-state index in [1.807, 2.05) is 13.0 Å². The van der Waals surface area contributed by atoms with E-state index in [4.69, 9.17) is 5.26 Å². The van der Waals surface area contributed by atoms with Crippen LogP contribution < -0.4 is 0 Å². The molecule has 0 saturated carbocycles. The van der Waals surface area contributed by atoms with Crippen LogP contribution in [0.3, 0.4) is 0 Å². The van der Waals surface area contributed by atoms with Gasteiger partial charge in [0.1, 0.15) is 11.4 Å². The Morgan fingerprint density at radius 2 is 2.10 bits per heavy atom. The number of rotatable bonds is 3. The van der Waals surface area contributed by atoms with Crippen LogP contribution in [-0.4, -0.2) is 14.7 Å². The fraction of sp³-hybridized carbons (Fsp3) is 0.286. The summed E-state index contributed by atoms with van der Waals surface area (Å²) in [5.41, 5.74) is 3.58. The minimum absolute atomic E-state index is 0.0660. The lowest BCUT2D eigenvalue weighted by molar-refractivity contribution is -0.386. The third-order valence-electron chi connectivity index (χ3n) is 3.32. The Balaban J connectivity index is 2.39. The van der Waals surface area contributed by atoms with Gasteiger partial charge in [0.2, 0.25) is 0 Å². The average molecular weight is 270 g/mol. The Morgan fingerprint density at radius 1 is 1.40 bits per heavy atom. The lowest BCUT2D eigenvalue weighted by atomic mass is 10.1. The molecule has 6 nitrogen and oxygen atoms in total. The van der Waals surface area contributed by atoms with Crippen LogP contribution in [0.4, 0.5) is 5.69 Å². The maximum Gasteiger partial charge on any atom is 0.312 e. The highest BCUT2D eigenvalue weighted by Crippen LogP contribution is 2.23. The molecule has 0 N–H and O–H groups in total. The molecule has 102 valence electrons. The predicted octanol–water partition coefficient (Wildman–Crippen LogP) is 2.64. The molecule has 0 fully saturated rings. The van der Waals surface area contributed by atoms with Crippen molar-refractivity contribution in [3.05, 3.63) is 56.4 Å². The van der Waals surface area contributed by atoms with Gasteiger partial charge in [0.05, 0.1) is 23.1 Å². The van der Waals surface area contributed by atoms with Crippen LogP contribution in [0, 0.1) is 42.2 Å². The van der Waals surface area contributed by atoms with Crippen molar-refractivity contribution in [2.75, 3.05) is 0 Å². The third kappa shape index (κ3) is 2.38. The Hall–Kier alpha value is -2.68. The zero-order valence-corrected chi connectivity index (χ0v) is 11.5. The summed E-state index contributed by atoms with van der Waals surface area (Å²) in [6, 6.07) is 7.48. The van der Waals surface area contributed by atoms with Crippen molar-refractivity contribution in [1.29, 1.82) is 5.26 Å². The van der Waals surface area contributed by atoms with Crippen molar-refractivity contribution in [3.63, 3.8) is 0 Å². The third-order valence-corrected chi connectivity index (χ3v) is 3.32. The van der Waals surface area contributed by atoms with Gasteiger partial charge in [-0.05, 0) is 44.0 Å². The molecule has 0 unspecified atom stereocenters. The van der Waals surface area contributed by atoms with Gasteiger partial charge in [0.15, 0.2) is 0 Å². The van der Waals surface area contributed by atoms with Crippen LogP contribution in [0.2, 0.25) is 0 Å². The summed E-state index contributed by atoms with van der Waals surface area (Å²) in [5.74, 6) is 0. The number of nitrogens with zero attached hydrogens (tertiary/aromatic N) is 4. The first-order valence-corrected chi connectivity index (χ1v) is 6.12. The van der Waals surface area contributed by atoms with Gasteiger partial charge in [-0.25, -0.2) is 0 Å². The Kier molecular flexibility index (Phi) is 3.53. The smallest absolute Gasteiger partial charge is 0.258 e. The van der Waals surface area contributed by atoms with Gasteiger partial charge >= 0.3 is 5.69 Å². The molecular formula is C14H14N4O2. The van der Waals surface area contributed by atoms with Crippen LogP contribution in [-0.2, 0) is 6.54 Å². The first-order chi connectivity index (χ1) is 9.43. The second-order valence-corrected chi connectivity index (χ2v) is 4.69. The molecule has 0 amide bonds. The van der Waals surface area contributed by atoms with Gasteiger partial charge < -0.3 is 0 Å². The highest BCUT2D eigenvalue weighted by Gasteiger charge is 2.21. The SMILES string of the molecule is Cc1cc(C#N)ccc1Cn1nc(C)c([N+](=O)[O-])c1C. The summed E-state index contributed by atoms with van der Waals surface area (Å²) in [6.45, 7) is 5.69. The van der Waals surface area contributed by atoms with Crippen LogP contribution >= 0.6 is 0 Å². The van der Waals surface area contributed by atoms with E-state index in [1.54, 1.807) is 30.7 Å². The lowest BCUT2D eigenvalue weighted by Gasteiger charge is -2.07.